The number of ether oxygens (including phenoxy) is 1. The summed E-state index contributed by atoms with van der Waals surface area (Å²) in [6.45, 7) is 2.61. The Balaban J connectivity index is 1.76. The minimum atomic E-state index is -3.77. The molecule has 0 atom stereocenters. The first-order chi connectivity index (χ1) is 12.9. The highest BCUT2D eigenvalue weighted by Gasteiger charge is 2.31. The predicted octanol–water partition coefficient (Wildman–Crippen LogP) is 3.03. The summed E-state index contributed by atoms with van der Waals surface area (Å²) in [5.41, 5.74) is 4.14. The Labute approximate surface area is 159 Å². The van der Waals surface area contributed by atoms with Crippen molar-refractivity contribution in [3.63, 3.8) is 0 Å². The third-order valence-electron chi connectivity index (χ3n) is 5.16. The summed E-state index contributed by atoms with van der Waals surface area (Å²) in [5.74, 6) is 0.599. The van der Waals surface area contributed by atoms with Crippen molar-refractivity contribution in [1.82, 2.24) is 0 Å². The van der Waals surface area contributed by atoms with Gasteiger partial charge in [-0.25, -0.2) is 8.42 Å². The van der Waals surface area contributed by atoms with Crippen LogP contribution in [-0.2, 0) is 27.7 Å². The van der Waals surface area contributed by atoms with Crippen LogP contribution >= 0.6 is 0 Å². The van der Waals surface area contributed by atoms with Gasteiger partial charge >= 0.3 is 0 Å². The topological polar surface area (TPSA) is 75.7 Å². The number of amides is 1. The van der Waals surface area contributed by atoms with E-state index < -0.39 is 10.0 Å². The SMILES string of the molecule is COc1ccc(C)cc1NS(=O)(=O)c1cc2c3c(c1)CCC(=O)N3CCC2. The van der Waals surface area contributed by atoms with Crippen molar-refractivity contribution >= 4 is 27.3 Å². The maximum Gasteiger partial charge on any atom is 0.262 e. The number of hydrogen-bond donors (Lipinski definition) is 1. The highest BCUT2D eigenvalue weighted by atomic mass is 32.2. The van der Waals surface area contributed by atoms with E-state index in [4.69, 9.17) is 4.74 Å². The molecule has 7 heteroatoms. The molecule has 6 nitrogen and oxygen atoms in total. The Kier molecular flexibility index (Phi) is 4.34. The van der Waals surface area contributed by atoms with Crippen LogP contribution in [0.1, 0.15) is 29.5 Å². The lowest BCUT2D eigenvalue weighted by Gasteiger charge is -2.35. The molecule has 2 aliphatic rings. The van der Waals surface area contributed by atoms with Crippen LogP contribution in [0.5, 0.6) is 5.75 Å². The van der Waals surface area contributed by atoms with Crippen LogP contribution in [0.25, 0.3) is 0 Å². The summed E-state index contributed by atoms with van der Waals surface area (Å²) >= 11 is 0. The number of carbonyl (C=O) groups is 1. The molecule has 2 heterocycles. The zero-order valence-electron chi connectivity index (χ0n) is 15.4. The number of nitrogens with one attached hydrogen (secondary N) is 1. The Morgan fingerprint density at radius 1 is 1.07 bits per heavy atom. The number of hydrogen-bond acceptors (Lipinski definition) is 4. The van der Waals surface area contributed by atoms with Gasteiger partial charge in [0.05, 0.1) is 23.4 Å². The zero-order chi connectivity index (χ0) is 19.2. The van der Waals surface area contributed by atoms with Crippen LogP contribution in [-0.4, -0.2) is 28.0 Å². The fourth-order valence-corrected chi connectivity index (χ4v) is 5.04. The number of nitrogens with zero attached hydrogens (tertiary/aromatic N) is 1. The molecule has 2 aromatic rings. The average molecular weight is 386 g/mol. The van der Waals surface area contributed by atoms with Gasteiger partial charge in [0.25, 0.3) is 10.0 Å². The standard InChI is InChI=1S/C20H22N2O4S/c1-13-5-7-18(26-2)17(10-13)21-27(24,25)16-11-14-4-3-9-22-19(23)8-6-15(12-16)20(14)22/h5,7,10-12,21H,3-4,6,8-9H2,1-2H3. The third kappa shape index (κ3) is 3.16. The van der Waals surface area contributed by atoms with Gasteiger partial charge in [-0.15, -0.1) is 0 Å². The fraction of sp³-hybridized carbons (Fsp3) is 0.350. The molecule has 0 bridgehead atoms. The molecule has 142 valence electrons. The highest BCUT2D eigenvalue weighted by molar-refractivity contribution is 7.92. The van der Waals surface area contributed by atoms with E-state index in [0.29, 0.717) is 30.8 Å². The largest absolute Gasteiger partial charge is 0.495 e. The van der Waals surface area contributed by atoms with Crippen LogP contribution in [0, 0.1) is 6.92 Å². The second-order valence-corrected chi connectivity index (χ2v) is 8.73. The van der Waals surface area contributed by atoms with Crippen LogP contribution in [0.15, 0.2) is 35.2 Å². The summed E-state index contributed by atoms with van der Waals surface area (Å²) in [6.07, 6.45) is 2.63. The maximum absolute atomic E-state index is 13.1. The lowest BCUT2D eigenvalue weighted by atomic mass is 9.92. The zero-order valence-corrected chi connectivity index (χ0v) is 16.2. The molecule has 0 saturated carbocycles. The Morgan fingerprint density at radius 3 is 2.56 bits per heavy atom. The molecule has 0 unspecified atom stereocenters. The lowest BCUT2D eigenvalue weighted by Crippen LogP contribution is -2.39. The van der Waals surface area contributed by atoms with Gasteiger partial charge < -0.3 is 9.64 Å². The summed E-state index contributed by atoms with van der Waals surface area (Å²) in [4.78, 5) is 14.2. The van der Waals surface area contributed by atoms with Gasteiger partial charge in [0, 0.05) is 13.0 Å². The highest BCUT2D eigenvalue weighted by Crippen LogP contribution is 2.38. The predicted molar refractivity (Wildman–Crippen MR) is 104 cm³/mol. The van der Waals surface area contributed by atoms with Crippen molar-refractivity contribution in [2.75, 3.05) is 23.3 Å². The molecule has 2 aromatic carbocycles. The molecule has 1 amide bonds. The van der Waals surface area contributed by atoms with E-state index in [-0.39, 0.29) is 10.8 Å². The molecular formula is C20H22N2O4S. The third-order valence-corrected chi connectivity index (χ3v) is 6.50. The monoisotopic (exact) mass is 386 g/mol. The molecule has 0 aliphatic carbocycles. The second kappa shape index (κ2) is 6.56. The first-order valence-corrected chi connectivity index (χ1v) is 10.5. The van der Waals surface area contributed by atoms with Crippen molar-refractivity contribution in [3.05, 3.63) is 47.0 Å². The molecule has 0 aromatic heterocycles. The van der Waals surface area contributed by atoms with E-state index in [1.165, 1.54) is 7.11 Å². The molecule has 2 aliphatic heterocycles. The van der Waals surface area contributed by atoms with Crippen LogP contribution < -0.4 is 14.4 Å². The normalized spacial score (nSPS) is 16.1. The summed E-state index contributed by atoms with van der Waals surface area (Å²) in [7, 11) is -2.26. The van der Waals surface area contributed by atoms with Gasteiger partial charge in [0.1, 0.15) is 5.75 Å². The number of methoxy groups -OCH3 is 1. The lowest BCUT2D eigenvalue weighted by molar-refractivity contribution is -0.119. The van der Waals surface area contributed by atoms with Gasteiger partial charge in [0.15, 0.2) is 0 Å². The second-order valence-electron chi connectivity index (χ2n) is 7.05. The smallest absolute Gasteiger partial charge is 0.262 e. The van der Waals surface area contributed by atoms with Crippen LogP contribution in [0.4, 0.5) is 11.4 Å². The minimum Gasteiger partial charge on any atom is -0.495 e. The average Bonchev–Trinajstić information content (AvgIpc) is 2.64. The number of anilines is 2. The molecule has 4 rings (SSSR count). The van der Waals surface area contributed by atoms with Gasteiger partial charge in [-0.3, -0.25) is 9.52 Å². The van der Waals surface area contributed by atoms with Crippen molar-refractivity contribution in [1.29, 1.82) is 0 Å². The first-order valence-electron chi connectivity index (χ1n) is 9.02. The fourth-order valence-electron chi connectivity index (χ4n) is 3.88. The van der Waals surface area contributed by atoms with E-state index in [1.54, 1.807) is 24.3 Å². The van der Waals surface area contributed by atoms with Crippen LogP contribution in [0.3, 0.4) is 0 Å². The molecule has 0 saturated heterocycles. The van der Waals surface area contributed by atoms with Gasteiger partial charge in [-0.05, 0) is 67.1 Å². The van der Waals surface area contributed by atoms with Gasteiger partial charge in [-0.2, -0.15) is 0 Å². The van der Waals surface area contributed by atoms with Crippen LogP contribution in [0.2, 0.25) is 0 Å². The number of rotatable bonds is 4. The summed E-state index contributed by atoms with van der Waals surface area (Å²) < 4.78 is 34.0. The van der Waals surface area contributed by atoms with Crippen molar-refractivity contribution in [3.8, 4) is 5.75 Å². The summed E-state index contributed by atoms with van der Waals surface area (Å²) in [6, 6.07) is 8.76. The van der Waals surface area contributed by atoms with Gasteiger partial charge in [-0.1, -0.05) is 6.07 Å². The molecule has 0 fully saturated rings. The maximum atomic E-state index is 13.1. The Hall–Kier alpha value is -2.54. The van der Waals surface area contributed by atoms with E-state index >= 15 is 0 Å². The quantitative estimate of drug-likeness (QED) is 0.876. The molecule has 0 radical (unpaired) electrons. The van der Waals surface area contributed by atoms with E-state index in [9.17, 15) is 13.2 Å². The molecule has 1 N–H and O–H groups in total. The van der Waals surface area contributed by atoms with E-state index in [2.05, 4.69) is 4.72 Å². The number of aryl methyl sites for hydroxylation is 3. The molecule has 0 spiro atoms. The summed E-state index contributed by atoms with van der Waals surface area (Å²) in [5, 5.41) is 0. The number of carbonyl (C=O) groups excluding carboxylic acids is 1. The molecule has 27 heavy (non-hydrogen) atoms. The van der Waals surface area contributed by atoms with Crippen molar-refractivity contribution in [2.45, 2.75) is 37.5 Å². The minimum absolute atomic E-state index is 0.127. The van der Waals surface area contributed by atoms with Crippen molar-refractivity contribution in [2.24, 2.45) is 0 Å². The number of benzene rings is 2. The van der Waals surface area contributed by atoms with E-state index in [0.717, 1.165) is 35.2 Å². The Morgan fingerprint density at radius 2 is 1.81 bits per heavy atom. The Bertz CT molecular complexity index is 1010. The van der Waals surface area contributed by atoms with Crippen molar-refractivity contribution < 1.29 is 17.9 Å². The van der Waals surface area contributed by atoms with E-state index in [1.807, 2.05) is 17.9 Å². The molecular weight excluding hydrogens is 364 g/mol. The van der Waals surface area contributed by atoms with Gasteiger partial charge in [0.2, 0.25) is 5.91 Å². The first kappa shape index (κ1) is 17.9. The number of sulfonamides is 1.